The van der Waals surface area contributed by atoms with Crippen LogP contribution in [0.5, 0.6) is 0 Å². The molecule has 0 aromatic heterocycles. The molecule has 2 aliphatic rings. The quantitative estimate of drug-likeness (QED) is 0.724. The Bertz CT molecular complexity index is 313. The SMILES string of the molecule is CCN1C[C@@H](CN)OC1=O.CCN1C[C@@H](CN)OC1=O.[Ar]. The van der Waals surface area contributed by atoms with Gasteiger partial charge in [0, 0.05) is 63.9 Å². The maximum Gasteiger partial charge on any atom is 0.410 e. The van der Waals surface area contributed by atoms with Gasteiger partial charge in [-0.25, -0.2) is 9.59 Å². The maximum atomic E-state index is 10.8. The molecule has 0 aliphatic carbocycles. The van der Waals surface area contributed by atoms with Crippen LogP contribution >= 0.6 is 0 Å². The van der Waals surface area contributed by atoms with Crippen molar-refractivity contribution < 1.29 is 56.8 Å². The van der Waals surface area contributed by atoms with E-state index in [0.717, 1.165) is 0 Å². The molecule has 0 saturated carbocycles. The summed E-state index contributed by atoms with van der Waals surface area (Å²) >= 11 is 0. The first-order valence-corrected chi connectivity index (χ1v) is 6.86. The first-order valence-electron chi connectivity index (χ1n) is 6.86. The Morgan fingerprint density at radius 1 is 0.952 bits per heavy atom. The van der Waals surface area contributed by atoms with E-state index in [4.69, 9.17) is 20.9 Å². The number of ether oxygens (including phenoxy) is 2. The predicted octanol–water partition coefficient (Wildman–Crippen LogP) is -0.428. The summed E-state index contributed by atoms with van der Waals surface area (Å²) < 4.78 is 9.75. The molecule has 4 N–H and O–H groups in total. The van der Waals surface area contributed by atoms with Crippen LogP contribution in [0, 0.1) is 37.7 Å². The summed E-state index contributed by atoms with van der Waals surface area (Å²) in [6.07, 6.45) is -0.657. The molecule has 0 aromatic rings. The van der Waals surface area contributed by atoms with E-state index in [-0.39, 0.29) is 62.1 Å². The van der Waals surface area contributed by atoms with Gasteiger partial charge in [-0.1, -0.05) is 0 Å². The Balaban J connectivity index is 0.000000364. The van der Waals surface area contributed by atoms with Crippen LogP contribution in [-0.2, 0) is 9.47 Å². The number of cyclic esters (lactones) is 2. The standard InChI is InChI=1S/2C6H12N2O2.Ar/c2*1-2-8-4-5(3-7)10-6(8)9;/h2*5H,2-4,7H2,1H3;/t2*5-;/m11./s1. The molecule has 0 bridgehead atoms. The predicted molar refractivity (Wildman–Crippen MR) is 73.1 cm³/mol. The molecule has 2 aliphatic heterocycles. The Morgan fingerprint density at radius 2 is 1.29 bits per heavy atom. The zero-order valence-electron chi connectivity index (χ0n) is 12.4. The molecule has 2 fully saturated rings. The largest absolute Gasteiger partial charge is 0.443 e. The van der Waals surface area contributed by atoms with E-state index in [1.807, 2.05) is 13.8 Å². The fourth-order valence-electron chi connectivity index (χ4n) is 1.91. The Labute approximate surface area is 155 Å². The molecule has 2 saturated heterocycles. The summed E-state index contributed by atoms with van der Waals surface area (Å²) in [4.78, 5) is 24.9. The van der Waals surface area contributed by atoms with Crippen LogP contribution < -0.4 is 11.5 Å². The number of nitrogens with two attached hydrogens (primary N) is 2. The van der Waals surface area contributed by atoms with Gasteiger partial charge in [0.25, 0.3) is 0 Å². The molecule has 0 unspecified atom stereocenters. The van der Waals surface area contributed by atoms with E-state index >= 15 is 0 Å². The van der Waals surface area contributed by atoms with Gasteiger partial charge >= 0.3 is 12.2 Å². The second-order valence-electron chi connectivity index (χ2n) is 4.56. The molecule has 0 spiro atoms. The van der Waals surface area contributed by atoms with Crippen LogP contribution in [0.2, 0.25) is 0 Å². The molecule has 0 radical (unpaired) electrons. The molecule has 124 valence electrons. The molecule has 2 rings (SSSR count). The van der Waals surface area contributed by atoms with Gasteiger partial charge in [-0.05, 0) is 13.8 Å². The molecule has 2 amide bonds. The van der Waals surface area contributed by atoms with E-state index in [2.05, 4.69) is 0 Å². The summed E-state index contributed by atoms with van der Waals surface area (Å²) in [5.41, 5.74) is 10.6. The van der Waals surface area contributed by atoms with Gasteiger partial charge < -0.3 is 30.7 Å². The third-order valence-electron chi connectivity index (χ3n) is 3.19. The van der Waals surface area contributed by atoms with Crippen molar-refractivity contribution in [1.82, 2.24) is 9.80 Å². The molecule has 8 nitrogen and oxygen atoms in total. The van der Waals surface area contributed by atoms with Gasteiger partial charge in [-0.2, -0.15) is 0 Å². The number of rotatable bonds is 4. The smallest absolute Gasteiger partial charge is 0.410 e. The van der Waals surface area contributed by atoms with Crippen LogP contribution in [0.1, 0.15) is 13.8 Å². The van der Waals surface area contributed by atoms with Gasteiger partial charge in [0.15, 0.2) is 0 Å². The van der Waals surface area contributed by atoms with Gasteiger partial charge in [0.1, 0.15) is 12.2 Å². The van der Waals surface area contributed by atoms with E-state index in [1.54, 1.807) is 9.80 Å². The summed E-state index contributed by atoms with van der Waals surface area (Å²) in [7, 11) is 0. The van der Waals surface area contributed by atoms with Crippen molar-refractivity contribution in [1.29, 1.82) is 0 Å². The molecule has 2 atom stereocenters. The number of carbonyl (C=O) groups excluding carboxylic acids is 2. The third-order valence-corrected chi connectivity index (χ3v) is 3.19. The van der Waals surface area contributed by atoms with Gasteiger partial charge in [-0.15, -0.1) is 0 Å². The normalized spacial score (nSPS) is 24.0. The van der Waals surface area contributed by atoms with Crippen molar-refractivity contribution in [3.63, 3.8) is 0 Å². The monoisotopic (exact) mass is 328 g/mol. The fraction of sp³-hybridized carbons (Fsp3) is 0.833. The van der Waals surface area contributed by atoms with Gasteiger partial charge in [0.2, 0.25) is 0 Å². The van der Waals surface area contributed by atoms with Crippen molar-refractivity contribution >= 4 is 12.2 Å². The number of hydrogen-bond donors (Lipinski definition) is 2. The molecular formula is C12H24ArN4O4. The minimum Gasteiger partial charge on any atom is -0.443 e. The Hall–Kier alpha value is -0.280. The van der Waals surface area contributed by atoms with Crippen LogP contribution in [0.25, 0.3) is 0 Å². The number of hydrogen-bond acceptors (Lipinski definition) is 6. The summed E-state index contributed by atoms with van der Waals surface area (Å²) in [5.74, 6) is 0. The minimum atomic E-state index is -0.238. The average molecular weight is 328 g/mol. The van der Waals surface area contributed by atoms with E-state index in [9.17, 15) is 9.59 Å². The first kappa shape index (κ1) is 20.7. The summed E-state index contributed by atoms with van der Waals surface area (Å²) in [6, 6.07) is 0. The Kier molecular flexibility index (Phi) is 10.3. The number of amides is 2. The van der Waals surface area contributed by atoms with Crippen LogP contribution in [0.3, 0.4) is 0 Å². The van der Waals surface area contributed by atoms with Crippen molar-refractivity contribution in [2.75, 3.05) is 39.3 Å². The van der Waals surface area contributed by atoms with Crippen LogP contribution in [-0.4, -0.2) is 73.5 Å². The number of carbonyl (C=O) groups is 2. The average Bonchev–Trinajstić information content (AvgIpc) is 3.01. The second-order valence-corrected chi connectivity index (χ2v) is 4.56. The van der Waals surface area contributed by atoms with Gasteiger partial charge in [-0.3, -0.25) is 0 Å². The third kappa shape index (κ3) is 6.15. The zero-order chi connectivity index (χ0) is 15.1. The molecule has 21 heavy (non-hydrogen) atoms. The van der Waals surface area contributed by atoms with Crippen molar-refractivity contribution in [2.24, 2.45) is 11.5 Å². The van der Waals surface area contributed by atoms with Crippen molar-refractivity contribution in [2.45, 2.75) is 26.1 Å². The van der Waals surface area contributed by atoms with Crippen LogP contribution in [0.15, 0.2) is 0 Å². The van der Waals surface area contributed by atoms with Crippen LogP contribution in [0.4, 0.5) is 9.59 Å². The molecule has 0 aromatic carbocycles. The molecule has 2 heterocycles. The molecular weight excluding hydrogens is 304 g/mol. The minimum absolute atomic E-state index is 0. The first-order chi connectivity index (χ1) is 9.55. The Morgan fingerprint density at radius 3 is 1.43 bits per heavy atom. The zero-order valence-corrected chi connectivity index (χ0v) is 13.1. The van der Waals surface area contributed by atoms with Crippen molar-refractivity contribution in [3.8, 4) is 0 Å². The summed E-state index contributed by atoms with van der Waals surface area (Å²) in [6.45, 7) is 7.37. The number of nitrogens with zero attached hydrogens (tertiary/aromatic N) is 2. The summed E-state index contributed by atoms with van der Waals surface area (Å²) in [5, 5.41) is 0. The van der Waals surface area contributed by atoms with Gasteiger partial charge in [0.05, 0.1) is 13.1 Å². The van der Waals surface area contributed by atoms with E-state index < -0.39 is 0 Å². The fourth-order valence-corrected chi connectivity index (χ4v) is 1.91. The van der Waals surface area contributed by atoms with E-state index in [0.29, 0.717) is 39.3 Å². The van der Waals surface area contributed by atoms with Crippen molar-refractivity contribution in [3.05, 3.63) is 0 Å². The van der Waals surface area contributed by atoms with E-state index in [1.165, 1.54) is 0 Å². The number of likely N-dealkylation sites (N-methyl/N-ethyl adjacent to an activating group) is 2. The molecule has 9 heteroatoms. The topological polar surface area (TPSA) is 111 Å². The maximum absolute atomic E-state index is 10.8. The second kappa shape index (κ2) is 10.4.